The average Bonchev–Trinajstić information content (AvgIpc) is 2.96. The maximum Gasteiger partial charge on any atom is 0.268 e. The van der Waals surface area contributed by atoms with Gasteiger partial charge in [-0.25, -0.2) is 9.97 Å². The van der Waals surface area contributed by atoms with Gasteiger partial charge in [0.2, 0.25) is 5.88 Å². The Morgan fingerprint density at radius 3 is 2.95 bits per heavy atom. The highest BCUT2D eigenvalue weighted by Gasteiger charge is 2.08. The summed E-state index contributed by atoms with van der Waals surface area (Å²) in [5.74, 6) is 1.25. The van der Waals surface area contributed by atoms with Crippen molar-refractivity contribution in [3.8, 4) is 5.88 Å². The molecule has 0 saturated heterocycles. The lowest BCUT2D eigenvalue weighted by atomic mass is 10.3. The topological polar surface area (TPSA) is 71.1 Å². The summed E-state index contributed by atoms with van der Waals surface area (Å²) in [4.78, 5) is 25.7. The minimum atomic E-state index is -0.0806. The zero-order chi connectivity index (χ0) is 15.5. The van der Waals surface area contributed by atoms with E-state index in [1.807, 2.05) is 41.6 Å². The van der Waals surface area contributed by atoms with E-state index in [1.54, 1.807) is 7.11 Å². The van der Waals surface area contributed by atoms with Crippen molar-refractivity contribution in [3.05, 3.63) is 51.5 Å². The Morgan fingerprint density at radius 1 is 1.27 bits per heavy atom. The Bertz CT molecular complexity index is 843. The predicted octanol–water partition coefficient (Wildman–Crippen LogP) is 2.02. The fraction of sp³-hybridized carbons (Fsp3) is 0.267. The maximum absolute atomic E-state index is 12.0. The molecule has 0 spiro atoms. The minimum absolute atomic E-state index is 0.0806. The molecule has 0 bridgehead atoms. The number of hydrogen-bond acceptors (Lipinski definition) is 6. The van der Waals surface area contributed by atoms with Crippen LogP contribution in [0.15, 0.2) is 34.4 Å². The van der Waals surface area contributed by atoms with Gasteiger partial charge in [0, 0.05) is 12.6 Å². The molecular formula is C15H16N4O2S. The monoisotopic (exact) mass is 316 g/mol. The number of thiophene rings is 1. The highest BCUT2D eigenvalue weighted by Crippen LogP contribution is 2.14. The SMILES string of the molecule is COc1cccc(CN(C)Cc2nc3ccsc3c(=O)[nH]2)n1. The number of hydrogen-bond donors (Lipinski definition) is 1. The van der Waals surface area contributed by atoms with Crippen LogP contribution in [0, 0.1) is 0 Å². The van der Waals surface area contributed by atoms with Crippen LogP contribution >= 0.6 is 11.3 Å². The standard InChI is InChI=1S/C15H16N4O2S/c1-19(8-10-4-3-5-13(16-10)21-2)9-12-17-11-6-7-22-14(11)15(20)18-12/h3-7H,8-9H2,1-2H3,(H,17,18,20). The Morgan fingerprint density at radius 2 is 2.14 bits per heavy atom. The van der Waals surface area contributed by atoms with E-state index in [-0.39, 0.29) is 5.56 Å². The molecular weight excluding hydrogens is 300 g/mol. The van der Waals surface area contributed by atoms with Crippen molar-refractivity contribution >= 4 is 21.6 Å². The van der Waals surface area contributed by atoms with Crippen LogP contribution in [0.1, 0.15) is 11.5 Å². The van der Waals surface area contributed by atoms with Crippen molar-refractivity contribution in [1.82, 2.24) is 19.9 Å². The van der Waals surface area contributed by atoms with Crippen LogP contribution in [0.4, 0.5) is 0 Å². The molecule has 0 radical (unpaired) electrons. The van der Waals surface area contributed by atoms with Crippen molar-refractivity contribution in [2.75, 3.05) is 14.2 Å². The summed E-state index contributed by atoms with van der Waals surface area (Å²) in [5.41, 5.74) is 1.57. The lowest BCUT2D eigenvalue weighted by molar-refractivity contribution is 0.304. The van der Waals surface area contributed by atoms with Gasteiger partial charge in [-0.05, 0) is 24.6 Å². The number of H-pyrrole nitrogens is 1. The van der Waals surface area contributed by atoms with Gasteiger partial charge in [0.1, 0.15) is 10.5 Å². The molecule has 3 rings (SSSR count). The normalized spacial score (nSPS) is 11.2. The molecule has 0 aromatic carbocycles. The first-order valence-corrected chi connectivity index (χ1v) is 7.68. The van der Waals surface area contributed by atoms with E-state index in [0.29, 0.717) is 29.5 Å². The fourth-order valence-corrected chi connectivity index (χ4v) is 2.97. The first kappa shape index (κ1) is 14.7. The summed E-state index contributed by atoms with van der Waals surface area (Å²) >= 11 is 1.40. The second kappa shape index (κ2) is 6.25. The number of fused-ring (bicyclic) bond motifs is 1. The lowest BCUT2D eigenvalue weighted by Crippen LogP contribution is -2.22. The number of aromatic amines is 1. The molecule has 0 fully saturated rings. The average molecular weight is 316 g/mol. The van der Waals surface area contributed by atoms with Gasteiger partial charge in [0.15, 0.2) is 0 Å². The fourth-order valence-electron chi connectivity index (χ4n) is 2.24. The summed E-state index contributed by atoms with van der Waals surface area (Å²) in [5, 5.41) is 1.88. The van der Waals surface area contributed by atoms with Crippen LogP contribution in [-0.4, -0.2) is 34.0 Å². The third kappa shape index (κ3) is 3.15. The van der Waals surface area contributed by atoms with E-state index in [0.717, 1.165) is 11.2 Å². The van der Waals surface area contributed by atoms with Gasteiger partial charge >= 0.3 is 0 Å². The quantitative estimate of drug-likeness (QED) is 0.780. The summed E-state index contributed by atoms with van der Waals surface area (Å²) < 4.78 is 5.79. The van der Waals surface area contributed by atoms with Crippen LogP contribution in [-0.2, 0) is 13.1 Å². The Kier molecular flexibility index (Phi) is 4.17. The van der Waals surface area contributed by atoms with Crippen molar-refractivity contribution in [1.29, 1.82) is 0 Å². The molecule has 0 saturated carbocycles. The highest BCUT2D eigenvalue weighted by atomic mass is 32.1. The number of nitrogens with zero attached hydrogens (tertiary/aromatic N) is 3. The molecule has 3 heterocycles. The molecule has 0 amide bonds. The van der Waals surface area contributed by atoms with Crippen molar-refractivity contribution in [3.63, 3.8) is 0 Å². The first-order chi connectivity index (χ1) is 10.7. The molecule has 0 unspecified atom stereocenters. The van der Waals surface area contributed by atoms with Gasteiger partial charge in [-0.1, -0.05) is 6.07 Å². The van der Waals surface area contributed by atoms with Gasteiger partial charge in [-0.15, -0.1) is 11.3 Å². The summed E-state index contributed by atoms with van der Waals surface area (Å²) in [6.07, 6.45) is 0. The number of rotatable bonds is 5. The van der Waals surface area contributed by atoms with Crippen LogP contribution in [0.25, 0.3) is 10.2 Å². The Hall–Kier alpha value is -2.25. The number of nitrogens with one attached hydrogen (secondary N) is 1. The molecule has 0 aliphatic rings. The highest BCUT2D eigenvalue weighted by molar-refractivity contribution is 7.17. The van der Waals surface area contributed by atoms with Crippen LogP contribution < -0.4 is 10.3 Å². The minimum Gasteiger partial charge on any atom is -0.481 e. The molecule has 3 aromatic rings. The first-order valence-electron chi connectivity index (χ1n) is 6.80. The number of aromatic nitrogens is 3. The molecule has 1 N–H and O–H groups in total. The predicted molar refractivity (Wildman–Crippen MR) is 86.2 cm³/mol. The van der Waals surface area contributed by atoms with Gasteiger partial charge < -0.3 is 9.72 Å². The zero-order valence-electron chi connectivity index (χ0n) is 12.4. The largest absolute Gasteiger partial charge is 0.481 e. The van der Waals surface area contributed by atoms with E-state index in [2.05, 4.69) is 15.0 Å². The Labute approximate surface area is 131 Å². The maximum atomic E-state index is 12.0. The van der Waals surface area contributed by atoms with Crippen molar-refractivity contribution in [2.45, 2.75) is 13.1 Å². The second-order valence-corrected chi connectivity index (χ2v) is 5.91. The smallest absolute Gasteiger partial charge is 0.268 e. The van der Waals surface area contributed by atoms with Crippen LogP contribution in [0.5, 0.6) is 5.88 Å². The third-order valence-electron chi connectivity index (χ3n) is 3.21. The van der Waals surface area contributed by atoms with Gasteiger partial charge in [0.25, 0.3) is 5.56 Å². The molecule has 22 heavy (non-hydrogen) atoms. The molecule has 7 heteroatoms. The van der Waals surface area contributed by atoms with Crippen LogP contribution in [0.3, 0.4) is 0 Å². The van der Waals surface area contributed by atoms with E-state index >= 15 is 0 Å². The van der Waals surface area contributed by atoms with Crippen LogP contribution in [0.2, 0.25) is 0 Å². The molecule has 0 aliphatic heterocycles. The molecule has 114 valence electrons. The van der Waals surface area contributed by atoms with E-state index in [4.69, 9.17) is 4.74 Å². The molecule has 0 atom stereocenters. The number of ether oxygens (including phenoxy) is 1. The third-order valence-corrected chi connectivity index (χ3v) is 4.11. The van der Waals surface area contributed by atoms with Crippen molar-refractivity contribution < 1.29 is 4.74 Å². The molecule has 6 nitrogen and oxygen atoms in total. The Balaban J connectivity index is 1.74. The van der Waals surface area contributed by atoms with Gasteiger partial charge in [0.05, 0.1) is 24.9 Å². The second-order valence-electron chi connectivity index (χ2n) is 4.99. The molecule has 0 aliphatic carbocycles. The van der Waals surface area contributed by atoms with E-state index in [1.165, 1.54) is 11.3 Å². The lowest BCUT2D eigenvalue weighted by Gasteiger charge is -2.15. The number of pyridine rings is 1. The number of methoxy groups -OCH3 is 1. The van der Waals surface area contributed by atoms with E-state index < -0.39 is 0 Å². The molecule has 3 aromatic heterocycles. The van der Waals surface area contributed by atoms with Gasteiger partial charge in [-0.3, -0.25) is 9.69 Å². The summed E-state index contributed by atoms with van der Waals surface area (Å²) in [6.45, 7) is 1.18. The summed E-state index contributed by atoms with van der Waals surface area (Å²) in [6, 6.07) is 7.53. The summed E-state index contributed by atoms with van der Waals surface area (Å²) in [7, 11) is 3.56. The van der Waals surface area contributed by atoms with Crippen molar-refractivity contribution in [2.24, 2.45) is 0 Å². The zero-order valence-corrected chi connectivity index (χ0v) is 13.2. The van der Waals surface area contributed by atoms with Gasteiger partial charge in [-0.2, -0.15) is 0 Å². The van der Waals surface area contributed by atoms with E-state index in [9.17, 15) is 4.79 Å².